The van der Waals surface area contributed by atoms with Crippen molar-refractivity contribution < 1.29 is 19.1 Å². The predicted octanol–water partition coefficient (Wildman–Crippen LogP) is 7.90. The summed E-state index contributed by atoms with van der Waals surface area (Å²) in [5, 5.41) is 2.68. The number of ether oxygens (including phenoxy) is 2. The van der Waals surface area contributed by atoms with Crippen LogP contribution in [0.15, 0.2) is 0 Å². The topological polar surface area (TPSA) is 64.6 Å². The van der Waals surface area contributed by atoms with Gasteiger partial charge in [-0.3, -0.25) is 0 Å². The molecule has 0 aromatic rings. The first kappa shape index (κ1) is 32.1. The number of thioether (sulfide) groups is 1. The van der Waals surface area contributed by atoms with Crippen LogP contribution in [-0.4, -0.2) is 43.3 Å². The van der Waals surface area contributed by atoms with Gasteiger partial charge in [0.2, 0.25) is 0 Å². The second-order valence-corrected chi connectivity index (χ2v) is 11.4. The van der Waals surface area contributed by atoms with Crippen LogP contribution < -0.4 is 5.32 Å². The molecule has 1 amide bonds. The lowest BCUT2D eigenvalue weighted by Crippen LogP contribution is -2.43. The van der Waals surface area contributed by atoms with Gasteiger partial charge in [0.25, 0.3) is 0 Å². The number of nitrogens with one attached hydrogen (secondary N) is 1. The Bertz CT molecular complexity index is 479. The van der Waals surface area contributed by atoms with Gasteiger partial charge in [-0.25, -0.2) is 9.59 Å². The van der Waals surface area contributed by atoms with Gasteiger partial charge in [-0.1, -0.05) is 111 Å². The zero-order valence-electron chi connectivity index (χ0n) is 22.3. The number of alkyl carbamates (subject to hydrolysis) is 1. The molecule has 0 aliphatic heterocycles. The van der Waals surface area contributed by atoms with Crippen molar-refractivity contribution in [3.05, 3.63) is 0 Å². The van der Waals surface area contributed by atoms with Crippen molar-refractivity contribution in [2.24, 2.45) is 5.41 Å². The lowest BCUT2D eigenvalue weighted by atomic mass is 9.99. The summed E-state index contributed by atoms with van der Waals surface area (Å²) in [7, 11) is 0. The molecule has 1 N–H and O–H groups in total. The molecule has 0 heterocycles. The Kier molecular flexibility index (Phi) is 21.0. The van der Waals surface area contributed by atoms with Gasteiger partial charge >= 0.3 is 12.1 Å². The van der Waals surface area contributed by atoms with E-state index in [1.165, 1.54) is 77.0 Å². The highest BCUT2D eigenvalue weighted by atomic mass is 32.2. The molecule has 0 aromatic carbocycles. The quantitative estimate of drug-likeness (QED) is 0.132. The minimum atomic E-state index is -0.642. The molecular formula is C27H53NO4S. The van der Waals surface area contributed by atoms with Crippen LogP contribution in [0, 0.1) is 5.41 Å². The van der Waals surface area contributed by atoms with Crippen molar-refractivity contribution in [1.29, 1.82) is 0 Å². The molecule has 5 nitrogen and oxygen atoms in total. The molecule has 196 valence electrons. The highest BCUT2D eigenvalue weighted by Crippen LogP contribution is 2.14. The summed E-state index contributed by atoms with van der Waals surface area (Å²) in [5.41, 5.74) is -0.111. The van der Waals surface area contributed by atoms with Crippen LogP contribution in [0.3, 0.4) is 0 Å². The summed E-state index contributed by atoms with van der Waals surface area (Å²) in [5.74, 6) is 0.421. The maximum atomic E-state index is 12.4. The van der Waals surface area contributed by atoms with E-state index < -0.39 is 12.1 Å². The standard InChI is InChI=1S/C27H53NO4S/c1-6-7-8-9-10-11-12-13-14-15-16-17-18-19-21-31-25(29)24(20-22-33-5)28-26(30)32-23-27(2,3)4/h24H,6-23H2,1-5H3,(H,28,30). The van der Waals surface area contributed by atoms with Crippen molar-refractivity contribution in [3.8, 4) is 0 Å². The first-order valence-electron chi connectivity index (χ1n) is 13.4. The van der Waals surface area contributed by atoms with Crippen LogP contribution in [0.1, 0.15) is 124 Å². The van der Waals surface area contributed by atoms with Crippen molar-refractivity contribution in [2.75, 3.05) is 25.2 Å². The van der Waals surface area contributed by atoms with Gasteiger partial charge in [0.1, 0.15) is 6.04 Å². The zero-order chi connectivity index (χ0) is 24.8. The Morgan fingerprint density at radius 2 is 1.27 bits per heavy atom. The van der Waals surface area contributed by atoms with Gasteiger partial charge in [0.15, 0.2) is 0 Å². The van der Waals surface area contributed by atoms with Crippen LogP contribution in [0.25, 0.3) is 0 Å². The summed E-state index contributed by atoms with van der Waals surface area (Å²) in [6.45, 7) is 8.99. The fraction of sp³-hybridized carbons (Fsp3) is 0.926. The maximum Gasteiger partial charge on any atom is 0.407 e. The van der Waals surface area contributed by atoms with Crippen LogP contribution in [0.2, 0.25) is 0 Å². The molecule has 0 aliphatic carbocycles. The van der Waals surface area contributed by atoms with Crippen LogP contribution in [0.5, 0.6) is 0 Å². The Morgan fingerprint density at radius 3 is 1.73 bits per heavy atom. The van der Waals surface area contributed by atoms with E-state index in [1.807, 2.05) is 27.0 Å². The van der Waals surface area contributed by atoms with Gasteiger partial charge in [-0.05, 0) is 30.3 Å². The van der Waals surface area contributed by atoms with E-state index in [4.69, 9.17) is 9.47 Å². The predicted molar refractivity (Wildman–Crippen MR) is 142 cm³/mol. The monoisotopic (exact) mass is 487 g/mol. The van der Waals surface area contributed by atoms with Crippen molar-refractivity contribution >= 4 is 23.8 Å². The molecule has 6 heteroatoms. The van der Waals surface area contributed by atoms with Crippen LogP contribution in [-0.2, 0) is 14.3 Å². The SMILES string of the molecule is CCCCCCCCCCCCCCCCOC(=O)C(CCSC)NC(=O)OCC(C)(C)C. The molecule has 1 atom stereocenters. The average molecular weight is 488 g/mol. The third-order valence-electron chi connectivity index (χ3n) is 5.57. The largest absolute Gasteiger partial charge is 0.464 e. The zero-order valence-corrected chi connectivity index (χ0v) is 23.2. The van der Waals surface area contributed by atoms with E-state index in [0.717, 1.165) is 18.6 Å². The molecular weight excluding hydrogens is 434 g/mol. The second kappa shape index (κ2) is 21.6. The van der Waals surface area contributed by atoms with Gasteiger partial charge < -0.3 is 14.8 Å². The summed E-state index contributed by atoms with van der Waals surface area (Å²) in [6.07, 6.45) is 20.2. The van der Waals surface area contributed by atoms with Gasteiger partial charge in [-0.15, -0.1) is 0 Å². The smallest absolute Gasteiger partial charge is 0.407 e. The average Bonchev–Trinajstić information content (AvgIpc) is 2.77. The number of carbonyl (C=O) groups excluding carboxylic acids is 2. The number of rotatable bonds is 21. The van der Waals surface area contributed by atoms with Crippen molar-refractivity contribution in [2.45, 2.75) is 130 Å². The van der Waals surface area contributed by atoms with E-state index in [9.17, 15) is 9.59 Å². The van der Waals surface area contributed by atoms with Crippen molar-refractivity contribution in [1.82, 2.24) is 5.32 Å². The molecule has 0 saturated heterocycles. The number of amides is 1. The molecule has 0 saturated carbocycles. The molecule has 0 radical (unpaired) electrons. The summed E-state index contributed by atoms with van der Waals surface area (Å²) in [6, 6.07) is -0.642. The molecule has 0 fully saturated rings. The Balaban J connectivity index is 3.78. The first-order valence-corrected chi connectivity index (χ1v) is 14.8. The van der Waals surface area contributed by atoms with E-state index >= 15 is 0 Å². The normalized spacial score (nSPS) is 12.4. The highest BCUT2D eigenvalue weighted by molar-refractivity contribution is 7.98. The number of hydrogen-bond acceptors (Lipinski definition) is 5. The highest BCUT2D eigenvalue weighted by Gasteiger charge is 2.23. The van der Waals surface area contributed by atoms with Crippen LogP contribution >= 0.6 is 11.8 Å². The third kappa shape index (κ3) is 22.6. The molecule has 0 spiro atoms. The van der Waals surface area contributed by atoms with Crippen LogP contribution in [0.4, 0.5) is 4.79 Å². The molecule has 0 bridgehead atoms. The van der Waals surface area contributed by atoms with E-state index in [-0.39, 0.29) is 11.4 Å². The third-order valence-corrected chi connectivity index (χ3v) is 6.21. The van der Waals surface area contributed by atoms with Gasteiger partial charge in [0, 0.05) is 0 Å². The number of carbonyl (C=O) groups is 2. The van der Waals surface area contributed by atoms with Gasteiger partial charge in [0.05, 0.1) is 13.2 Å². The second-order valence-electron chi connectivity index (χ2n) is 10.4. The Morgan fingerprint density at radius 1 is 0.788 bits per heavy atom. The van der Waals surface area contributed by atoms with Crippen molar-refractivity contribution in [3.63, 3.8) is 0 Å². The van der Waals surface area contributed by atoms with E-state index in [0.29, 0.717) is 19.6 Å². The van der Waals surface area contributed by atoms with Gasteiger partial charge in [-0.2, -0.15) is 11.8 Å². The number of unbranched alkanes of at least 4 members (excludes halogenated alkanes) is 13. The molecule has 0 aromatic heterocycles. The maximum absolute atomic E-state index is 12.4. The summed E-state index contributed by atoms with van der Waals surface area (Å²) in [4.78, 5) is 24.5. The lowest BCUT2D eigenvalue weighted by Gasteiger charge is -2.21. The lowest BCUT2D eigenvalue weighted by molar-refractivity contribution is -0.146. The summed E-state index contributed by atoms with van der Waals surface area (Å²) < 4.78 is 10.7. The van der Waals surface area contributed by atoms with E-state index in [1.54, 1.807) is 11.8 Å². The number of esters is 1. The minimum Gasteiger partial charge on any atom is -0.464 e. The Hall–Kier alpha value is -0.910. The summed E-state index contributed by atoms with van der Waals surface area (Å²) >= 11 is 1.64. The Labute approximate surface area is 208 Å². The first-order chi connectivity index (χ1) is 15.8. The fourth-order valence-electron chi connectivity index (χ4n) is 3.52. The molecule has 0 aliphatic rings. The van der Waals surface area contributed by atoms with E-state index in [2.05, 4.69) is 12.2 Å². The molecule has 0 rings (SSSR count). The fourth-order valence-corrected chi connectivity index (χ4v) is 3.99. The number of hydrogen-bond donors (Lipinski definition) is 1. The minimum absolute atomic E-state index is 0.111. The molecule has 33 heavy (non-hydrogen) atoms. The molecule has 1 unspecified atom stereocenters.